The highest BCUT2D eigenvalue weighted by Crippen LogP contribution is 2.36. The lowest BCUT2D eigenvalue weighted by Gasteiger charge is -2.29. The first-order valence-corrected chi connectivity index (χ1v) is 8.87. The minimum Gasteiger partial charge on any atom is -0.492 e. The molecule has 130 valence electrons. The first kappa shape index (κ1) is 16.8. The molecule has 2 aliphatic rings. The van der Waals surface area contributed by atoms with E-state index in [2.05, 4.69) is 13.8 Å². The van der Waals surface area contributed by atoms with Crippen molar-refractivity contribution in [2.75, 3.05) is 18.1 Å². The quantitative estimate of drug-likeness (QED) is 0.806. The van der Waals surface area contributed by atoms with Crippen molar-refractivity contribution in [2.45, 2.75) is 52.1 Å². The van der Waals surface area contributed by atoms with E-state index in [-0.39, 0.29) is 30.2 Å². The van der Waals surface area contributed by atoms with Crippen LogP contribution in [0.1, 0.15) is 40.0 Å². The van der Waals surface area contributed by atoms with E-state index in [1.165, 1.54) is 0 Å². The zero-order chi connectivity index (χ0) is 17.3. The number of para-hydroxylation sites is 2. The summed E-state index contributed by atoms with van der Waals surface area (Å²) in [5.74, 6) is 0.566. The monoisotopic (exact) mass is 330 g/mol. The number of nitrogens with zero attached hydrogens (tertiary/aromatic N) is 2. The molecule has 0 spiro atoms. The van der Waals surface area contributed by atoms with Gasteiger partial charge in [-0.2, -0.15) is 0 Å². The Bertz CT molecular complexity index is 623. The number of benzene rings is 1. The molecule has 1 aliphatic carbocycles. The summed E-state index contributed by atoms with van der Waals surface area (Å²) in [7, 11) is 0. The van der Waals surface area contributed by atoms with Crippen LogP contribution in [-0.4, -0.2) is 41.9 Å². The second-order valence-corrected chi connectivity index (χ2v) is 6.88. The van der Waals surface area contributed by atoms with E-state index >= 15 is 0 Å². The fourth-order valence-corrected chi connectivity index (χ4v) is 3.48. The van der Waals surface area contributed by atoms with Crippen LogP contribution >= 0.6 is 0 Å². The molecule has 24 heavy (non-hydrogen) atoms. The summed E-state index contributed by atoms with van der Waals surface area (Å²) in [5.41, 5.74) is 0.766. The van der Waals surface area contributed by atoms with Crippen LogP contribution in [0.4, 0.5) is 5.69 Å². The molecule has 5 nitrogen and oxygen atoms in total. The van der Waals surface area contributed by atoms with Gasteiger partial charge in [0.15, 0.2) is 0 Å². The zero-order valence-electron chi connectivity index (χ0n) is 14.7. The minimum absolute atomic E-state index is 0.00000567. The highest BCUT2D eigenvalue weighted by Gasteiger charge is 2.42. The van der Waals surface area contributed by atoms with Crippen molar-refractivity contribution in [2.24, 2.45) is 5.92 Å². The van der Waals surface area contributed by atoms with E-state index in [1.807, 2.05) is 36.1 Å². The Morgan fingerprint density at radius 1 is 1.33 bits per heavy atom. The number of amides is 2. The smallest absolute Gasteiger partial charge is 0.228 e. The Hall–Kier alpha value is -2.04. The van der Waals surface area contributed by atoms with Crippen LogP contribution < -0.4 is 9.64 Å². The molecule has 1 aromatic carbocycles. The summed E-state index contributed by atoms with van der Waals surface area (Å²) < 4.78 is 5.64. The molecule has 3 rings (SSSR count). The molecule has 2 amide bonds. The van der Waals surface area contributed by atoms with Gasteiger partial charge in [-0.3, -0.25) is 9.59 Å². The number of anilines is 1. The highest BCUT2D eigenvalue weighted by molar-refractivity contribution is 6.01. The van der Waals surface area contributed by atoms with Crippen molar-refractivity contribution in [1.29, 1.82) is 0 Å². The molecular formula is C19H26N2O3. The van der Waals surface area contributed by atoms with Crippen molar-refractivity contribution in [3.8, 4) is 5.75 Å². The van der Waals surface area contributed by atoms with Crippen LogP contribution in [0, 0.1) is 5.92 Å². The Morgan fingerprint density at radius 2 is 2.04 bits per heavy atom. The molecule has 0 radical (unpaired) electrons. The average molecular weight is 330 g/mol. The number of hydrogen-bond donors (Lipinski definition) is 0. The van der Waals surface area contributed by atoms with Gasteiger partial charge in [0.2, 0.25) is 11.8 Å². The summed E-state index contributed by atoms with van der Waals surface area (Å²) in [6, 6.07) is 8.10. The summed E-state index contributed by atoms with van der Waals surface area (Å²) in [6.07, 6.45) is 2.46. The van der Waals surface area contributed by atoms with Gasteiger partial charge in [-0.15, -0.1) is 0 Å². The third kappa shape index (κ3) is 3.25. The number of carbonyl (C=O) groups excluding carboxylic acids is 2. The van der Waals surface area contributed by atoms with E-state index in [0.717, 1.165) is 18.5 Å². The van der Waals surface area contributed by atoms with Gasteiger partial charge in [-0.1, -0.05) is 12.1 Å². The third-order valence-corrected chi connectivity index (χ3v) is 4.68. The van der Waals surface area contributed by atoms with Crippen LogP contribution in [0.2, 0.25) is 0 Å². The summed E-state index contributed by atoms with van der Waals surface area (Å²) >= 11 is 0. The third-order valence-electron chi connectivity index (χ3n) is 4.68. The fraction of sp³-hybridized carbons (Fsp3) is 0.579. The van der Waals surface area contributed by atoms with Crippen molar-refractivity contribution in [3.63, 3.8) is 0 Å². The van der Waals surface area contributed by atoms with E-state index in [9.17, 15) is 9.59 Å². The second-order valence-electron chi connectivity index (χ2n) is 6.88. The normalized spacial score (nSPS) is 20.6. The molecule has 1 saturated heterocycles. The fourth-order valence-electron chi connectivity index (χ4n) is 3.48. The minimum atomic E-state index is -0.254. The Kier molecular flexibility index (Phi) is 4.78. The Labute approximate surface area is 143 Å². The summed E-state index contributed by atoms with van der Waals surface area (Å²) in [5, 5.41) is 0. The predicted molar refractivity (Wildman–Crippen MR) is 93.1 cm³/mol. The van der Waals surface area contributed by atoms with Gasteiger partial charge < -0.3 is 14.5 Å². The lowest BCUT2D eigenvalue weighted by molar-refractivity contribution is -0.138. The first-order chi connectivity index (χ1) is 11.5. The number of ether oxygens (including phenoxy) is 1. The molecule has 0 N–H and O–H groups in total. The first-order valence-electron chi connectivity index (χ1n) is 8.87. The summed E-state index contributed by atoms with van der Waals surface area (Å²) in [6.45, 7) is 7.01. The SMILES string of the molecule is CCOc1ccccc1N1CC(C(=O)N(C(C)C)C2CC2)CC1=O. The maximum Gasteiger partial charge on any atom is 0.228 e. The van der Waals surface area contributed by atoms with Gasteiger partial charge in [-0.05, 0) is 45.7 Å². The molecule has 2 fully saturated rings. The lowest BCUT2D eigenvalue weighted by atomic mass is 10.1. The molecule has 1 heterocycles. The molecule has 1 saturated carbocycles. The van der Waals surface area contributed by atoms with Crippen LogP contribution in [-0.2, 0) is 9.59 Å². The maximum absolute atomic E-state index is 12.9. The summed E-state index contributed by atoms with van der Waals surface area (Å²) in [4.78, 5) is 29.1. The van der Waals surface area contributed by atoms with E-state index < -0.39 is 0 Å². The van der Waals surface area contributed by atoms with E-state index in [1.54, 1.807) is 4.90 Å². The topological polar surface area (TPSA) is 49.9 Å². The Balaban J connectivity index is 1.77. The number of carbonyl (C=O) groups is 2. The molecule has 1 unspecified atom stereocenters. The van der Waals surface area contributed by atoms with Crippen molar-refractivity contribution >= 4 is 17.5 Å². The highest BCUT2D eigenvalue weighted by atomic mass is 16.5. The van der Waals surface area contributed by atoms with Crippen molar-refractivity contribution in [1.82, 2.24) is 4.90 Å². The van der Waals surface area contributed by atoms with E-state index in [0.29, 0.717) is 24.9 Å². The van der Waals surface area contributed by atoms with E-state index in [4.69, 9.17) is 4.74 Å². The average Bonchev–Trinajstić information content (AvgIpc) is 3.29. The van der Waals surface area contributed by atoms with Gasteiger partial charge in [-0.25, -0.2) is 0 Å². The van der Waals surface area contributed by atoms with Gasteiger partial charge in [0, 0.05) is 25.0 Å². The van der Waals surface area contributed by atoms with Crippen LogP contribution in [0.5, 0.6) is 5.75 Å². The van der Waals surface area contributed by atoms with Gasteiger partial charge in [0.25, 0.3) is 0 Å². The Morgan fingerprint density at radius 3 is 2.67 bits per heavy atom. The van der Waals surface area contributed by atoms with Crippen molar-refractivity contribution in [3.05, 3.63) is 24.3 Å². The van der Waals surface area contributed by atoms with Gasteiger partial charge >= 0.3 is 0 Å². The predicted octanol–water partition coefficient (Wildman–Crippen LogP) is 2.84. The largest absolute Gasteiger partial charge is 0.492 e. The molecule has 1 atom stereocenters. The van der Waals surface area contributed by atoms with Crippen LogP contribution in [0.25, 0.3) is 0 Å². The van der Waals surface area contributed by atoms with Crippen molar-refractivity contribution < 1.29 is 14.3 Å². The van der Waals surface area contributed by atoms with Gasteiger partial charge in [0.05, 0.1) is 18.2 Å². The molecule has 1 aromatic rings. The molecular weight excluding hydrogens is 304 g/mol. The number of rotatable bonds is 6. The molecule has 1 aliphatic heterocycles. The molecule has 0 aromatic heterocycles. The molecule has 0 bridgehead atoms. The number of hydrogen-bond acceptors (Lipinski definition) is 3. The zero-order valence-corrected chi connectivity index (χ0v) is 14.7. The second kappa shape index (κ2) is 6.83. The lowest BCUT2D eigenvalue weighted by Crippen LogP contribution is -2.43. The molecule has 5 heteroatoms. The maximum atomic E-state index is 12.9. The standard InChI is InChI=1S/C19H26N2O3/c1-4-24-17-8-6-5-7-16(17)20-12-14(11-18(20)22)19(23)21(13(2)3)15-9-10-15/h5-8,13-15H,4,9-12H2,1-3H3. The van der Waals surface area contributed by atoms with Crippen LogP contribution in [0.3, 0.4) is 0 Å². The van der Waals surface area contributed by atoms with Crippen LogP contribution in [0.15, 0.2) is 24.3 Å². The van der Waals surface area contributed by atoms with Gasteiger partial charge in [0.1, 0.15) is 5.75 Å².